The summed E-state index contributed by atoms with van der Waals surface area (Å²) < 4.78 is 10.3. The molecule has 0 aromatic rings. The van der Waals surface area contributed by atoms with Gasteiger partial charge in [-0.2, -0.15) is 0 Å². The molecule has 0 bridgehead atoms. The molecule has 1 saturated heterocycles. The molecular weight excluding hydrogens is 160 g/mol. The second-order valence-corrected chi connectivity index (χ2v) is 2.91. The number of hydrogen-bond acceptors (Lipinski definition) is 3. The third kappa shape index (κ3) is 2.79. The predicted octanol–water partition coefficient (Wildman–Crippen LogP) is 1.00. The number of carboxylic acids is 1. The van der Waals surface area contributed by atoms with Gasteiger partial charge in [-0.05, 0) is 26.2 Å². The average Bonchev–Trinajstić information content (AvgIpc) is 2.06. The molecule has 0 amide bonds. The minimum Gasteiger partial charge on any atom is -0.479 e. The molecule has 2 atom stereocenters. The van der Waals surface area contributed by atoms with E-state index in [9.17, 15) is 4.79 Å². The highest BCUT2D eigenvalue weighted by Gasteiger charge is 2.20. The van der Waals surface area contributed by atoms with Gasteiger partial charge in [0.15, 0.2) is 12.4 Å². The Balaban J connectivity index is 2.24. The summed E-state index contributed by atoms with van der Waals surface area (Å²) in [4.78, 5) is 10.4. The van der Waals surface area contributed by atoms with Crippen molar-refractivity contribution in [3.8, 4) is 0 Å². The van der Waals surface area contributed by atoms with E-state index >= 15 is 0 Å². The van der Waals surface area contributed by atoms with Gasteiger partial charge in [-0.15, -0.1) is 0 Å². The average molecular weight is 174 g/mol. The highest BCUT2D eigenvalue weighted by Crippen LogP contribution is 2.15. The Morgan fingerprint density at radius 3 is 2.92 bits per heavy atom. The van der Waals surface area contributed by atoms with Gasteiger partial charge in [-0.1, -0.05) is 0 Å². The monoisotopic (exact) mass is 174 g/mol. The summed E-state index contributed by atoms with van der Waals surface area (Å²) in [5.41, 5.74) is 0. The van der Waals surface area contributed by atoms with E-state index in [1.165, 1.54) is 6.92 Å². The lowest BCUT2D eigenvalue weighted by Gasteiger charge is -2.24. The molecule has 0 aromatic carbocycles. The van der Waals surface area contributed by atoms with E-state index in [2.05, 4.69) is 0 Å². The molecule has 0 aliphatic carbocycles. The van der Waals surface area contributed by atoms with Crippen molar-refractivity contribution >= 4 is 5.97 Å². The Morgan fingerprint density at radius 1 is 1.67 bits per heavy atom. The SMILES string of the molecule is C[C@H](O[C@@H]1CCCCO1)C(=O)O. The van der Waals surface area contributed by atoms with Crippen LogP contribution < -0.4 is 0 Å². The van der Waals surface area contributed by atoms with Crippen LogP contribution in [-0.4, -0.2) is 30.1 Å². The first-order chi connectivity index (χ1) is 5.70. The molecule has 0 aromatic heterocycles. The highest BCUT2D eigenvalue weighted by atomic mass is 16.7. The molecule has 0 spiro atoms. The van der Waals surface area contributed by atoms with Crippen LogP contribution in [0.5, 0.6) is 0 Å². The van der Waals surface area contributed by atoms with Gasteiger partial charge in [0, 0.05) is 6.61 Å². The Hall–Kier alpha value is -0.610. The van der Waals surface area contributed by atoms with Crippen molar-refractivity contribution in [3.05, 3.63) is 0 Å². The number of rotatable bonds is 3. The zero-order valence-electron chi connectivity index (χ0n) is 7.16. The van der Waals surface area contributed by atoms with Gasteiger partial charge in [-0.25, -0.2) is 4.79 Å². The summed E-state index contributed by atoms with van der Waals surface area (Å²) in [6.07, 6.45) is 1.81. The molecule has 4 nitrogen and oxygen atoms in total. The largest absolute Gasteiger partial charge is 0.479 e. The summed E-state index contributed by atoms with van der Waals surface area (Å²) in [6, 6.07) is 0. The van der Waals surface area contributed by atoms with E-state index < -0.39 is 12.1 Å². The zero-order chi connectivity index (χ0) is 8.97. The lowest BCUT2D eigenvalue weighted by molar-refractivity contribution is -0.197. The molecule has 4 heteroatoms. The van der Waals surface area contributed by atoms with E-state index in [-0.39, 0.29) is 6.29 Å². The summed E-state index contributed by atoms with van der Waals surface area (Å²) in [5, 5.41) is 8.53. The number of carbonyl (C=O) groups is 1. The normalized spacial score (nSPS) is 26.6. The van der Waals surface area contributed by atoms with Crippen molar-refractivity contribution in [3.63, 3.8) is 0 Å². The van der Waals surface area contributed by atoms with Crippen LogP contribution in [0.25, 0.3) is 0 Å². The highest BCUT2D eigenvalue weighted by molar-refractivity contribution is 5.71. The van der Waals surface area contributed by atoms with Gasteiger partial charge in [0.1, 0.15) is 0 Å². The van der Waals surface area contributed by atoms with Gasteiger partial charge in [0.05, 0.1) is 0 Å². The molecule has 12 heavy (non-hydrogen) atoms. The summed E-state index contributed by atoms with van der Waals surface area (Å²) in [5.74, 6) is -0.941. The van der Waals surface area contributed by atoms with E-state index in [4.69, 9.17) is 14.6 Å². The van der Waals surface area contributed by atoms with Gasteiger partial charge in [0.25, 0.3) is 0 Å². The predicted molar refractivity (Wildman–Crippen MR) is 41.8 cm³/mol. The van der Waals surface area contributed by atoms with E-state index in [0.29, 0.717) is 6.61 Å². The van der Waals surface area contributed by atoms with Crippen LogP contribution in [0.2, 0.25) is 0 Å². The molecule has 1 aliphatic rings. The number of aliphatic carboxylic acids is 1. The maximum Gasteiger partial charge on any atom is 0.332 e. The number of hydrogen-bond donors (Lipinski definition) is 1. The lowest BCUT2D eigenvalue weighted by atomic mass is 10.2. The van der Waals surface area contributed by atoms with Crippen LogP contribution in [0, 0.1) is 0 Å². The van der Waals surface area contributed by atoms with Crippen LogP contribution in [0.3, 0.4) is 0 Å². The second kappa shape index (κ2) is 4.42. The molecule has 1 N–H and O–H groups in total. The summed E-state index contributed by atoms with van der Waals surface area (Å²) in [7, 11) is 0. The summed E-state index contributed by atoms with van der Waals surface area (Å²) >= 11 is 0. The van der Waals surface area contributed by atoms with Crippen LogP contribution in [0.15, 0.2) is 0 Å². The molecule has 0 saturated carbocycles. The van der Waals surface area contributed by atoms with Gasteiger partial charge >= 0.3 is 5.97 Å². The Morgan fingerprint density at radius 2 is 2.42 bits per heavy atom. The van der Waals surface area contributed by atoms with Crippen molar-refractivity contribution in [2.45, 2.75) is 38.6 Å². The molecule has 0 unspecified atom stereocenters. The molecule has 1 rings (SSSR count). The summed E-state index contributed by atoms with van der Waals surface area (Å²) in [6.45, 7) is 2.19. The maximum absolute atomic E-state index is 10.4. The molecule has 1 heterocycles. The Kier molecular flexibility index (Phi) is 3.49. The molecule has 1 aliphatic heterocycles. The smallest absolute Gasteiger partial charge is 0.332 e. The third-order valence-electron chi connectivity index (χ3n) is 1.84. The van der Waals surface area contributed by atoms with Crippen LogP contribution in [-0.2, 0) is 14.3 Å². The van der Waals surface area contributed by atoms with Gasteiger partial charge in [0.2, 0.25) is 0 Å². The minimum atomic E-state index is -0.941. The van der Waals surface area contributed by atoms with Crippen LogP contribution >= 0.6 is 0 Å². The fourth-order valence-corrected chi connectivity index (χ4v) is 1.10. The minimum absolute atomic E-state index is 0.315. The van der Waals surface area contributed by atoms with E-state index in [1.54, 1.807) is 0 Å². The molecule has 70 valence electrons. The van der Waals surface area contributed by atoms with Gasteiger partial charge in [-0.3, -0.25) is 0 Å². The van der Waals surface area contributed by atoms with Crippen molar-refractivity contribution < 1.29 is 19.4 Å². The van der Waals surface area contributed by atoms with Crippen LogP contribution in [0.4, 0.5) is 0 Å². The molecular formula is C8H14O4. The fourth-order valence-electron chi connectivity index (χ4n) is 1.10. The molecule has 1 fully saturated rings. The second-order valence-electron chi connectivity index (χ2n) is 2.91. The van der Waals surface area contributed by atoms with Crippen molar-refractivity contribution in [1.82, 2.24) is 0 Å². The topological polar surface area (TPSA) is 55.8 Å². The number of carboxylic acid groups (broad SMARTS) is 1. The standard InChI is InChI=1S/C8H14O4/c1-6(8(9)10)12-7-4-2-3-5-11-7/h6-7H,2-5H2,1H3,(H,9,10)/t6-,7+/m0/s1. The molecule has 0 radical (unpaired) electrons. The lowest BCUT2D eigenvalue weighted by Crippen LogP contribution is -2.30. The first-order valence-corrected chi connectivity index (χ1v) is 4.20. The van der Waals surface area contributed by atoms with Crippen LogP contribution in [0.1, 0.15) is 26.2 Å². The van der Waals surface area contributed by atoms with Crippen molar-refractivity contribution in [2.24, 2.45) is 0 Å². The maximum atomic E-state index is 10.4. The first-order valence-electron chi connectivity index (χ1n) is 4.20. The van der Waals surface area contributed by atoms with Crippen molar-refractivity contribution in [2.75, 3.05) is 6.61 Å². The van der Waals surface area contributed by atoms with E-state index in [1.807, 2.05) is 0 Å². The van der Waals surface area contributed by atoms with Crippen molar-refractivity contribution in [1.29, 1.82) is 0 Å². The third-order valence-corrected chi connectivity index (χ3v) is 1.84. The van der Waals surface area contributed by atoms with Gasteiger partial charge < -0.3 is 14.6 Å². The zero-order valence-corrected chi connectivity index (χ0v) is 7.16. The Labute approximate surface area is 71.5 Å². The quantitative estimate of drug-likeness (QED) is 0.693. The number of ether oxygens (including phenoxy) is 2. The van der Waals surface area contributed by atoms with E-state index in [0.717, 1.165) is 19.3 Å². The Bertz CT molecular complexity index is 151. The first kappa shape index (κ1) is 9.48. The fraction of sp³-hybridized carbons (Fsp3) is 0.875.